The van der Waals surface area contributed by atoms with E-state index in [1.165, 1.54) is 18.2 Å². The molecular weight excluding hydrogens is 302 g/mol. The van der Waals surface area contributed by atoms with Gasteiger partial charge in [-0.05, 0) is 40.0 Å². The van der Waals surface area contributed by atoms with Gasteiger partial charge < -0.3 is 14.7 Å². The molecule has 0 aromatic carbocycles. The molecule has 7 heteroatoms. The van der Waals surface area contributed by atoms with E-state index in [2.05, 4.69) is 17.4 Å². The fraction of sp³-hybridized carbons (Fsp3) is 0.667. The lowest BCUT2D eigenvalue weighted by Gasteiger charge is -2.33. The fourth-order valence-corrected chi connectivity index (χ4v) is 3.25. The number of aryl methyl sites for hydroxylation is 1. The summed E-state index contributed by atoms with van der Waals surface area (Å²) in [6.45, 7) is 6.48. The second kappa shape index (κ2) is 7.67. The SMILES string of the molecule is Cc1cc(NC(=O)[C@@H](C)SCC(=O)N2CCCC[C@@H]2C)no1. The number of thioether (sulfide) groups is 1. The summed E-state index contributed by atoms with van der Waals surface area (Å²) in [5.74, 6) is 1.33. The van der Waals surface area contributed by atoms with Crippen molar-refractivity contribution in [1.82, 2.24) is 10.1 Å². The van der Waals surface area contributed by atoms with E-state index in [4.69, 9.17) is 4.52 Å². The van der Waals surface area contributed by atoms with Crippen molar-refractivity contribution < 1.29 is 14.1 Å². The minimum atomic E-state index is -0.318. The van der Waals surface area contributed by atoms with Crippen LogP contribution in [0.15, 0.2) is 10.6 Å². The van der Waals surface area contributed by atoms with Crippen molar-refractivity contribution in [2.24, 2.45) is 0 Å². The van der Waals surface area contributed by atoms with Crippen LogP contribution in [-0.4, -0.2) is 45.5 Å². The molecule has 0 spiro atoms. The molecule has 1 aromatic heterocycles. The third-order valence-electron chi connectivity index (χ3n) is 3.83. The molecule has 1 aromatic rings. The second-order valence-electron chi connectivity index (χ2n) is 5.70. The molecule has 2 amide bonds. The standard InChI is InChI=1S/C15H23N3O3S/c1-10-6-4-5-7-18(10)14(19)9-22-12(3)15(20)16-13-8-11(2)21-17-13/h8,10,12H,4-7,9H2,1-3H3,(H,16,17,20)/t10-,12+/m0/s1. The Morgan fingerprint density at radius 1 is 1.55 bits per heavy atom. The molecule has 1 N–H and O–H groups in total. The van der Waals surface area contributed by atoms with Gasteiger partial charge in [0.15, 0.2) is 5.82 Å². The first-order valence-electron chi connectivity index (χ1n) is 7.62. The quantitative estimate of drug-likeness (QED) is 0.900. The number of nitrogens with one attached hydrogen (secondary N) is 1. The predicted octanol–water partition coefficient (Wildman–Crippen LogP) is 2.44. The minimum absolute atomic E-state index is 0.120. The van der Waals surface area contributed by atoms with Crippen molar-refractivity contribution in [1.29, 1.82) is 0 Å². The van der Waals surface area contributed by atoms with Gasteiger partial charge in [-0.1, -0.05) is 5.16 Å². The predicted molar refractivity (Wildman–Crippen MR) is 86.8 cm³/mol. The number of rotatable bonds is 5. The monoisotopic (exact) mass is 325 g/mol. The Bertz CT molecular complexity index is 532. The molecule has 1 aliphatic rings. The molecule has 0 unspecified atom stereocenters. The van der Waals surface area contributed by atoms with Crippen LogP contribution < -0.4 is 5.32 Å². The molecular formula is C15H23N3O3S. The molecule has 122 valence electrons. The number of anilines is 1. The van der Waals surface area contributed by atoms with E-state index in [0.29, 0.717) is 23.4 Å². The highest BCUT2D eigenvalue weighted by atomic mass is 32.2. The van der Waals surface area contributed by atoms with E-state index in [1.807, 2.05) is 4.90 Å². The van der Waals surface area contributed by atoms with Crippen molar-refractivity contribution in [3.8, 4) is 0 Å². The zero-order valence-electron chi connectivity index (χ0n) is 13.3. The molecule has 0 aliphatic carbocycles. The number of piperidine rings is 1. The Kier molecular flexibility index (Phi) is 5.88. The van der Waals surface area contributed by atoms with E-state index in [0.717, 1.165) is 19.4 Å². The van der Waals surface area contributed by atoms with Gasteiger partial charge in [0.25, 0.3) is 0 Å². The molecule has 0 radical (unpaired) electrons. The van der Waals surface area contributed by atoms with Gasteiger partial charge >= 0.3 is 0 Å². The first kappa shape index (κ1) is 16.9. The number of hydrogen-bond acceptors (Lipinski definition) is 5. The highest BCUT2D eigenvalue weighted by Crippen LogP contribution is 2.20. The summed E-state index contributed by atoms with van der Waals surface area (Å²) < 4.78 is 4.90. The number of nitrogens with zero attached hydrogens (tertiary/aromatic N) is 2. The number of hydrogen-bond donors (Lipinski definition) is 1. The number of aromatic nitrogens is 1. The fourth-order valence-electron chi connectivity index (χ4n) is 2.48. The van der Waals surface area contributed by atoms with Gasteiger partial charge in [0, 0.05) is 18.7 Å². The van der Waals surface area contributed by atoms with Crippen LogP contribution >= 0.6 is 11.8 Å². The summed E-state index contributed by atoms with van der Waals surface area (Å²) in [7, 11) is 0. The Morgan fingerprint density at radius 3 is 2.95 bits per heavy atom. The maximum atomic E-state index is 12.2. The van der Waals surface area contributed by atoms with Crippen molar-refractivity contribution in [3.05, 3.63) is 11.8 Å². The van der Waals surface area contributed by atoms with Gasteiger partial charge in [0.1, 0.15) is 5.76 Å². The van der Waals surface area contributed by atoms with E-state index < -0.39 is 0 Å². The van der Waals surface area contributed by atoms with E-state index in [-0.39, 0.29) is 17.1 Å². The van der Waals surface area contributed by atoms with Gasteiger partial charge in [0.05, 0.1) is 11.0 Å². The third kappa shape index (κ3) is 4.50. The first-order chi connectivity index (χ1) is 10.5. The van der Waals surface area contributed by atoms with Gasteiger partial charge in [-0.25, -0.2) is 0 Å². The summed E-state index contributed by atoms with van der Waals surface area (Å²) in [6.07, 6.45) is 3.33. The molecule has 1 fully saturated rings. The van der Waals surface area contributed by atoms with Crippen LogP contribution in [0.25, 0.3) is 0 Å². The molecule has 0 bridgehead atoms. The molecule has 2 rings (SSSR count). The number of carbonyl (C=O) groups excluding carboxylic acids is 2. The molecule has 1 saturated heterocycles. The average molecular weight is 325 g/mol. The van der Waals surface area contributed by atoms with Crippen LogP contribution in [-0.2, 0) is 9.59 Å². The number of carbonyl (C=O) groups is 2. The van der Waals surface area contributed by atoms with Crippen molar-refractivity contribution in [2.75, 3.05) is 17.6 Å². The topological polar surface area (TPSA) is 75.4 Å². The van der Waals surface area contributed by atoms with Gasteiger partial charge in [-0.3, -0.25) is 9.59 Å². The summed E-state index contributed by atoms with van der Waals surface area (Å²) in [4.78, 5) is 26.2. The van der Waals surface area contributed by atoms with E-state index >= 15 is 0 Å². The summed E-state index contributed by atoms with van der Waals surface area (Å²) in [5.41, 5.74) is 0. The lowest BCUT2D eigenvalue weighted by Crippen LogP contribution is -2.43. The second-order valence-corrected chi connectivity index (χ2v) is 7.03. The first-order valence-corrected chi connectivity index (χ1v) is 8.67. The van der Waals surface area contributed by atoms with Crippen LogP contribution in [0, 0.1) is 6.92 Å². The normalized spacial score (nSPS) is 19.8. The summed E-state index contributed by atoms with van der Waals surface area (Å²) >= 11 is 1.35. The maximum absolute atomic E-state index is 12.2. The summed E-state index contributed by atoms with van der Waals surface area (Å²) in [5, 5.41) is 6.09. The van der Waals surface area contributed by atoms with Crippen LogP contribution in [0.4, 0.5) is 5.82 Å². The molecule has 2 heterocycles. The zero-order chi connectivity index (χ0) is 16.1. The van der Waals surface area contributed by atoms with Gasteiger partial charge in [-0.2, -0.15) is 0 Å². The Morgan fingerprint density at radius 2 is 2.32 bits per heavy atom. The molecule has 6 nitrogen and oxygen atoms in total. The number of amides is 2. The van der Waals surface area contributed by atoms with Crippen LogP contribution in [0.5, 0.6) is 0 Å². The highest BCUT2D eigenvalue weighted by molar-refractivity contribution is 8.01. The van der Waals surface area contributed by atoms with E-state index in [9.17, 15) is 9.59 Å². The van der Waals surface area contributed by atoms with Crippen molar-refractivity contribution >= 4 is 29.4 Å². The van der Waals surface area contributed by atoms with Gasteiger partial charge in [0.2, 0.25) is 11.8 Å². The minimum Gasteiger partial charge on any atom is -0.360 e. The number of likely N-dealkylation sites (tertiary alicyclic amines) is 1. The lowest BCUT2D eigenvalue weighted by molar-refractivity contribution is -0.131. The summed E-state index contributed by atoms with van der Waals surface area (Å²) in [6, 6.07) is 1.97. The van der Waals surface area contributed by atoms with E-state index in [1.54, 1.807) is 19.9 Å². The molecule has 0 saturated carbocycles. The molecule has 1 aliphatic heterocycles. The molecule has 2 atom stereocenters. The Labute approximate surface area is 135 Å². The maximum Gasteiger partial charge on any atom is 0.238 e. The average Bonchev–Trinajstić information content (AvgIpc) is 2.90. The molecule has 22 heavy (non-hydrogen) atoms. The Balaban J connectivity index is 1.77. The van der Waals surface area contributed by atoms with Gasteiger partial charge in [-0.15, -0.1) is 11.8 Å². The zero-order valence-corrected chi connectivity index (χ0v) is 14.1. The lowest BCUT2D eigenvalue weighted by atomic mass is 10.0. The van der Waals surface area contributed by atoms with Crippen LogP contribution in [0.2, 0.25) is 0 Å². The van der Waals surface area contributed by atoms with Crippen LogP contribution in [0.3, 0.4) is 0 Å². The third-order valence-corrected chi connectivity index (χ3v) is 4.96. The Hall–Kier alpha value is -1.50. The van der Waals surface area contributed by atoms with Crippen molar-refractivity contribution in [3.63, 3.8) is 0 Å². The smallest absolute Gasteiger partial charge is 0.238 e. The van der Waals surface area contributed by atoms with Crippen molar-refractivity contribution in [2.45, 2.75) is 51.3 Å². The largest absolute Gasteiger partial charge is 0.360 e. The van der Waals surface area contributed by atoms with Crippen LogP contribution in [0.1, 0.15) is 38.9 Å². The highest BCUT2D eigenvalue weighted by Gasteiger charge is 2.24.